The van der Waals surface area contributed by atoms with Crippen LogP contribution >= 0.6 is 23.7 Å². The van der Waals surface area contributed by atoms with Gasteiger partial charge in [-0.3, -0.25) is 4.90 Å². The minimum absolute atomic E-state index is 0. The number of likely N-dealkylation sites (tertiary alicyclic amines) is 1. The molecule has 0 radical (unpaired) electrons. The van der Waals surface area contributed by atoms with Gasteiger partial charge in [-0.1, -0.05) is 6.07 Å². The molecular formula is C11H17ClN2S. The molecule has 0 saturated carbocycles. The Hall–Kier alpha value is -0.0900. The second kappa shape index (κ2) is 4.83. The van der Waals surface area contributed by atoms with Crippen molar-refractivity contribution >= 4 is 23.7 Å². The first kappa shape index (κ1) is 11.4. The third-order valence-electron chi connectivity index (χ3n) is 3.42. The second-order valence-electron chi connectivity index (χ2n) is 4.45. The molecule has 2 aliphatic rings. The highest BCUT2D eigenvalue weighted by Crippen LogP contribution is 2.27. The van der Waals surface area contributed by atoms with Crippen LogP contribution in [0.25, 0.3) is 0 Å². The van der Waals surface area contributed by atoms with Crippen LogP contribution in [0.15, 0.2) is 17.5 Å². The van der Waals surface area contributed by atoms with Crippen LogP contribution in [0, 0.1) is 11.8 Å². The summed E-state index contributed by atoms with van der Waals surface area (Å²) in [6, 6.07) is 4.40. The van der Waals surface area contributed by atoms with Crippen LogP contribution in [0.4, 0.5) is 0 Å². The van der Waals surface area contributed by atoms with Crippen LogP contribution in [0.3, 0.4) is 0 Å². The molecule has 0 bridgehead atoms. The van der Waals surface area contributed by atoms with Crippen LogP contribution in [0.5, 0.6) is 0 Å². The Morgan fingerprint density at radius 3 is 2.67 bits per heavy atom. The molecule has 4 heteroatoms. The predicted octanol–water partition coefficient (Wildman–Crippen LogP) is 1.82. The summed E-state index contributed by atoms with van der Waals surface area (Å²) < 4.78 is 0. The first-order chi connectivity index (χ1) is 6.92. The summed E-state index contributed by atoms with van der Waals surface area (Å²) in [5, 5.41) is 5.65. The van der Waals surface area contributed by atoms with E-state index >= 15 is 0 Å². The van der Waals surface area contributed by atoms with Gasteiger partial charge < -0.3 is 5.32 Å². The molecule has 2 fully saturated rings. The van der Waals surface area contributed by atoms with E-state index in [4.69, 9.17) is 0 Å². The molecule has 0 unspecified atom stereocenters. The fourth-order valence-corrected chi connectivity index (χ4v) is 3.45. The third-order valence-corrected chi connectivity index (χ3v) is 4.29. The molecule has 3 rings (SSSR count). The molecule has 2 saturated heterocycles. The van der Waals surface area contributed by atoms with Crippen LogP contribution < -0.4 is 5.32 Å². The number of rotatable bonds is 2. The Balaban J connectivity index is 0.000000853. The lowest BCUT2D eigenvalue weighted by molar-refractivity contribution is 0.308. The second-order valence-corrected chi connectivity index (χ2v) is 5.48. The maximum Gasteiger partial charge on any atom is 0.0328 e. The quantitative estimate of drug-likeness (QED) is 0.854. The molecule has 1 aromatic rings. The molecule has 0 amide bonds. The molecule has 1 aromatic heterocycles. The minimum Gasteiger partial charge on any atom is -0.316 e. The van der Waals surface area contributed by atoms with E-state index in [0.717, 1.165) is 11.8 Å². The van der Waals surface area contributed by atoms with Gasteiger partial charge in [0.2, 0.25) is 0 Å². The minimum atomic E-state index is 0. The van der Waals surface area contributed by atoms with Crippen molar-refractivity contribution in [1.29, 1.82) is 0 Å². The van der Waals surface area contributed by atoms with Crippen LogP contribution in [0.1, 0.15) is 4.88 Å². The zero-order chi connectivity index (χ0) is 9.38. The molecule has 2 aliphatic heterocycles. The van der Waals surface area contributed by atoms with Crippen molar-refractivity contribution < 1.29 is 0 Å². The van der Waals surface area contributed by atoms with Gasteiger partial charge >= 0.3 is 0 Å². The summed E-state index contributed by atoms with van der Waals surface area (Å²) in [6.07, 6.45) is 0. The highest BCUT2D eigenvalue weighted by Gasteiger charge is 2.35. The van der Waals surface area contributed by atoms with E-state index in [1.165, 1.54) is 37.6 Å². The molecule has 15 heavy (non-hydrogen) atoms. The number of hydrogen-bond acceptors (Lipinski definition) is 3. The molecule has 1 N–H and O–H groups in total. The molecule has 3 heterocycles. The van der Waals surface area contributed by atoms with Crippen molar-refractivity contribution in [1.82, 2.24) is 10.2 Å². The van der Waals surface area contributed by atoms with Crippen molar-refractivity contribution in [2.75, 3.05) is 26.2 Å². The van der Waals surface area contributed by atoms with Gasteiger partial charge in [-0.25, -0.2) is 0 Å². The topological polar surface area (TPSA) is 15.3 Å². The summed E-state index contributed by atoms with van der Waals surface area (Å²) in [5.41, 5.74) is 0. The Kier molecular flexibility index (Phi) is 3.67. The number of nitrogens with one attached hydrogen (secondary N) is 1. The van der Waals surface area contributed by atoms with Crippen molar-refractivity contribution in [3.8, 4) is 0 Å². The highest BCUT2D eigenvalue weighted by atomic mass is 35.5. The average molecular weight is 245 g/mol. The number of hydrogen-bond donors (Lipinski definition) is 1. The number of halogens is 1. The molecule has 84 valence electrons. The van der Waals surface area contributed by atoms with Crippen molar-refractivity contribution in [3.63, 3.8) is 0 Å². The van der Waals surface area contributed by atoms with Gasteiger partial charge in [0.1, 0.15) is 0 Å². The van der Waals surface area contributed by atoms with Gasteiger partial charge in [-0.2, -0.15) is 0 Å². The van der Waals surface area contributed by atoms with Crippen molar-refractivity contribution in [3.05, 3.63) is 22.4 Å². The van der Waals surface area contributed by atoms with E-state index in [2.05, 4.69) is 27.7 Å². The van der Waals surface area contributed by atoms with Crippen molar-refractivity contribution in [2.24, 2.45) is 11.8 Å². The zero-order valence-electron chi connectivity index (χ0n) is 8.69. The molecular weight excluding hydrogens is 228 g/mol. The first-order valence-electron chi connectivity index (χ1n) is 5.37. The van der Waals surface area contributed by atoms with Crippen LogP contribution in [-0.4, -0.2) is 31.1 Å². The smallest absolute Gasteiger partial charge is 0.0328 e. The number of thiophene rings is 1. The fourth-order valence-electron chi connectivity index (χ4n) is 2.70. The van der Waals surface area contributed by atoms with Crippen LogP contribution in [-0.2, 0) is 6.54 Å². The summed E-state index contributed by atoms with van der Waals surface area (Å²) >= 11 is 1.88. The lowest BCUT2D eigenvalue weighted by atomic mass is 10.0. The summed E-state index contributed by atoms with van der Waals surface area (Å²) in [6.45, 7) is 6.26. The molecule has 0 aromatic carbocycles. The number of nitrogens with zero attached hydrogens (tertiary/aromatic N) is 1. The molecule has 0 spiro atoms. The monoisotopic (exact) mass is 244 g/mol. The van der Waals surface area contributed by atoms with Crippen molar-refractivity contribution in [2.45, 2.75) is 6.54 Å². The fraction of sp³-hybridized carbons (Fsp3) is 0.636. The molecule has 2 atom stereocenters. The standard InChI is InChI=1S/C11H16N2S.ClH/c1-2-11(14-3-1)8-13-6-9-4-12-5-10(9)7-13;/h1-3,9-10,12H,4-8H2;1H/t9-,10+;. The Labute approximate surface area is 101 Å². The van der Waals surface area contributed by atoms with Gasteiger partial charge in [-0.05, 0) is 36.4 Å². The summed E-state index contributed by atoms with van der Waals surface area (Å²) in [4.78, 5) is 4.13. The lowest BCUT2D eigenvalue weighted by Crippen LogP contribution is -2.24. The Morgan fingerprint density at radius 2 is 2.07 bits per heavy atom. The van der Waals surface area contributed by atoms with E-state index < -0.39 is 0 Å². The number of fused-ring (bicyclic) bond motifs is 1. The summed E-state index contributed by atoms with van der Waals surface area (Å²) in [7, 11) is 0. The maximum absolute atomic E-state index is 3.48. The van der Waals surface area contributed by atoms with Gasteiger partial charge in [0.15, 0.2) is 0 Å². The molecule has 2 nitrogen and oxygen atoms in total. The Morgan fingerprint density at radius 1 is 1.33 bits per heavy atom. The average Bonchev–Trinajstić information content (AvgIpc) is 2.78. The SMILES string of the molecule is Cl.c1csc(CN2C[C@H]3CNC[C@H]3C2)c1. The van der Waals surface area contributed by atoms with Gasteiger partial charge in [-0.15, -0.1) is 23.7 Å². The van der Waals surface area contributed by atoms with E-state index in [1.807, 2.05) is 11.3 Å². The molecule has 0 aliphatic carbocycles. The highest BCUT2D eigenvalue weighted by molar-refractivity contribution is 7.09. The largest absolute Gasteiger partial charge is 0.316 e. The Bertz CT molecular complexity index is 290. The van der Waals surface area contributed by atoms with E-state index in [9.17, 15) is 0 Å². The van der Waals surface area contributed by atoms with E-state index in [1.54, 1.807) is 0 Å². The maximum atomic E-state index is 3.48. The third kappa shape index (κ3) is 2.36. The van der Waals surface area contributed by atoms with E-state index in [-0.39, 0.29) is 12.4 Å². The van der Waals surface area contributed by atoms with Gasteiger partial charge in [0.05, 0.1) is 0 Å². The first-order valence-corrected chi connectivity index (χ1v) is 6.25. The normalized spacial score (nSPS) is 30.1. The van der Waals surface area contributed by atoms with Gasteiger partial charge in [0, 0.05) is 24.5 Å². The predicted molar refractivity (Wildman–Crippen MR) is 66.7 cm³/mol. The lowest BCUT2D eigenvalue weighted by Gasteiger charge is -2.15. The van der Waals surface area contributed by atoms with Gasteiger partial charge in [0.25, 0.3) is 0 Å². The zero-order valence-corrected chi connectivity index (χ0v) is 10.3. The van der Waals surface area contributed by atoms with Crippen LogP contribution in [0.2, 0.25) is 0 Å². The summed E-state index contributed by atoms with van der Waals surface area (Å²) in [5.74, 6) is 1.85. The van der Waals surface area contributed by atoms with E-state index in [0.29, 0.717) is 0 Å².